The Kier molecular flexibility index (Phi) is 6.13. The topological polar surface area (TPSA) is 9.23 Å². The Morgan fingerprint density at radius 2 is 1.81 bits per heavy atom. The van der Waals surface area contributed by atoms with Crippen molar-refractivity contribution in [3.05, 3.63) is 35.4 Å². The van der Waals surface area contributed by atoms with Crippen molar-refractivity contribution >= 4 is 0 Å². The van der Waals surface area contributed by atoms with Gasteiger partial charge in [0.15, 0.2) is 0 Å². The maximum Gasteiger partial charge on any atom is 0.453 e. The summed E-state index contributed by atoms with van der Waals surface area (Å²) < 4.78 is 68.0. The minimum atomic E-state index is -5.57. The quantitative estimate of drug-likeness (QED) is 0.621. The van der Waals surface area contributed by atoms with Gasteiger partial charge in [0, 0.05) is 7.11 Å². The summed E-state index contributed by atoms with van der Waals surface area (Å²) >= 11 is 0. The van der Waals surface area contributed by atoms with Gasteiger partial charge in [0.05, 0.1) is 12.5 Å². The van der Waals surface area contributed by atoms with Gasteiger partial charge in [-0.3, -0.25) is 0 Å². The Labute approximate surface area is 121 Å². The molecule has 0 amide bonds. The molecule has 0 bridgehead atoms. The summed E-state index contributed by atoms with van der Waals surface area (Å²) in [5, 5.41) is 0. The van der Waals surface area contributed by atoms with Gasteiger partial charge in [-0.2, -0.15) is 22.0 Å². The number of alkyl halides is 5. The van der Waals surface area contributed by atoms with Gasteiger partial charge < -0.3 is 4.74 Å². The fourth-order valence-corrected chi connectivity index (χ4v) is 2.02. The van der Waals surface area contributed by atoms with E-state index in [4.69, 9.17) is 4.74 Å². The summed E-state index contributed by atoms with van der Waals surface area (Å²) in [4.78, 5) is 0. The zero-order chi connectivity index (χ0) is 16.1. The third-order valence-corrected chi connectivity index (χ3v) is 3.28. The maximum atomic E-state index is 13.2. The zero-order valence-corrected chi connectivity index (χ0v) is 12.0. The van der Waals surface area contributed by atoms with E-state index in [2.05, 4.69) is 0 Å². The fraction of sp³-hybridized carbons (Fsp3) is 0.600. The first kappa shape index (κ1) is 17.9. The number of ether oxygens (including phenoxy) is 1. The second kappa shape index (κ2) is 7.20. The van der Waals surface area contributed by atoms with Crippen molar-refractivity contribution in [2.24, 2.45) is 0 Å². The molecular formula is C15H19F5O. The van der Waals surface area contributed by atoms with Crippen molar-refractivity contribution in [2.45, 2.75) is 50.8 Å². The van der Waals surface area contributed by atoms with Crippen LogP contribution in [0.5, 0.6) is 0 Å². The molecule has 0 aliphatic rings. The lowest BCUT2D eigenvalue weighted by Crippen LogP contribution is -2.38. The highest BCUT2D eigenvalue weighted by Crippen LogP contribution is 2.42. The Balaban J connectivity index is 2.90. The van der Waals surface area contributed by atoms with Crippen molar-refractivity contribution in [1.82, 2.24) is 0 Å². The predicted molar refractivity (Wildman–Crippen MR) is 70.4 cm³/mol. The molecule has 0 aliphatic carbocycles. The van der Waals surface area contributed by atoms with Gasteiger partial charge >= 0.3 is 12.1 Å². The molecule has 1 aromatic carbocycles. The second-order valence-electron chi connectivity index (χ2n) is 4.98. The summed E-state index contributed by atoms with van der Waals surface area (Å²) in [5.74, 6) is -4.77. The summed E-state index contributed by atoms with van der Waals surface area (Å²) in [6.45, 7) is 2.02. The van der Waals surface area contributed by atoms with Crippen LogP contribution in [0.1, 0.15) is 43.4 Å². The molecule has 0 saturated heterocycles. The van der Waals surface area contributed by atoms with Gasteiger partial charge in [0.2, 0.25) is 0 Å². The number of hydrogen-bond donors (Lipinski definition) is 0. The first-order valence-electron chi connectivity index (χ1n) is 6.77. The molecule has 0 aliphatic heterocycles. The molecular weight excluding hydrogens is 291 g/mol. The Hall–Kier alpha value is -1.17. The standard InChI is InChI=1S/C15H19F5O/c1-3-4-6-11-7-5-8-12(9-11)13(21-2)10-14(16,17)15(18,19)20/h5,7-9,13H,3-4,6,10H2,1-2H3. The Bertz CT molecular complexity index is 442. The average molecular weight is 310 g/mol. The normalized spacial score (nSPS) is 14.2. The van der Waals surface area contributed by atoms with Gasteiger partial charge in [-0.05, 0) is 24.0 Å². The lowest BCUT2D eigenvalue weighted by molar-refractivity contribution is -0.291. The zero-order valence-electron chi connectivity index (χ0n) is 12.0. The molecule has 1 rings (SSSR count). The summed E-state index contributed by atoms with van der Waals surface area (Å²) in [7, 11) is 1.13. The molecule has 1 unspecified atom stereocenters. The van der Waals surface area contributed by atoms with Gasteiger partial charge in [-0.15, -0.1) is 0 Å². The van der Waals surface area contributed by atoms with Gasteiger partial charge in [0.25, 0.3) is 0 Å². The number of halogens is 5. The highest BCUT2D eigenvalue weighted by molar-refractivity contribution is 5.25. The average Bonchev–Trinajstić information content (AvgIpc) is 2.41. The van der Waals surface area contributed by atoms with Crippen LogP contribution in [-0.4, -0.2) is 19.2 Å². The first-order chi connectivity index (χ1) is 9.71. The van der Waals surface area contributed by atoms with E-state index in [9.17, 15) is 22.0 Å². The van der Waals surface area contributed by atoms with Crippen molar-refractivity contribution < 1.29 is 26.7 Å². The SMILES string of the molecule is CCCCc1cccc(C(CC(F)(F)C(F)(F)F)OC)c1. The van der Waals surface area contributed by atoms with E-state index in [1.165, 1.54) is 6.07 Å². The van der Waals surface area contributed by atoms with Crippen molar-refractivity contribution in [3.63, 3.8) is 0 Å². The van der Waals surface area contributed by atoms with E-state index in [1.54, 1.807) is 12.1 Å². The highest BCUT2D eigenvalue weighted by Gasteiger charge is 2.58. The van der Waals surface area contributed by atoms with Crippen LogP contribution in [0.3, 0.4) is 0 Å². The van der Waals surface area contributed by atoms with Crippen LogP contribution in [-0.2, 0) is 11.2 Å². The van der Waals surface area contributed by atoms with Crippen LogP contribution >= 0.6 is 0 Å². The fourth-order valence-electron chi connectivity index (χ4n) is 2.02. The van der Waals surface area contributed by atoms with E-state index in [0.717, 1.165) is 31.9 Å². The van der Waals surface area contributed by atoms with Crippen LogP contribution in [0.4, 0.5) is 22.0 Å². The maximum absolute atomic E-state index is 13.2. The molecule has 1 aromatic rings. The number of rotatable bonds is 7. The highest BCUT2D eigenvalue weighted by atomic mass is 19.4. The molecule has 0 fully saturated rings. The molecule has 6 heteroatoms. The molecule has 1 nitrogen and oxygen atoms in total. The summed E-state index contributed by atoms with van der Waals surface area (Å²) in [5.41, 5.74) is 1.25. The van der Waals surface area contributed by atoms with Crippen LogP contribution in [0.15, 0.2) is 24.3 Å². The number of benzene rings is 1. The van der Waals surface area contributed by atoms with E-state index in [1.807, 2.05) is 13.0 Å². The Morgan fingerprint density at radius 3 is 2.33 bits per heavy atom. The van der Waals surface area contributed by atoms with E-state index in [0.29, 0.717) is 5.56 Å². The second-order valence-corrected chi connectivity index (χ2v) is 4.98. The Morgan fingerprint density at radius 1 is 1.14 bits per heavy atom. The lowest BCUT2D eigenvalue weighted by Gasteiger charge is -2.24. The van der Waals surface area contributed by atoms with Crippen molar-refractivity contribution in [3.8, 4) is 0 Å². The molecule has 120 valence electrons. The number of hydrogen-bond acceptors (Lipinski definition) is 1. The molecule has 0 aromatic heterocycles. The summed E-state index contributed by atoms with van der Waals surface area (Å²) in [6.07, 6.45) is -5.60. The third kappa shape index (κ3) is 4.95. The minimum Gasteiger partial charge on any atom is -0.377 e. The van der Waals surface area contributed by atoms with Gasteiger partial charge in [-0.1, -0.05) is 37.6 Å². The van der Waals surface area contributed by atoms with Crippen LogP contribution in [0.25, 0.3) is 0 Å². The van der Waals surface area contributed by atoms with Crippen LogP contribution in [0.2, 0.25) is 0 Å². The minimum absolute atomic E-state index is 0.343. The predicted octanol–water partition coefficient (Wildman–Crippen LogP) is 5.30. The monoisotopic (exact) mass is 310 g/mol. The summed E-state index contributed by atoms with van der Waals surface area (Å²) in [6, 6.07) is 6.62. The van der Waals surface area contributed by atoms with E-state index < -0.39 is 24.6 Å². The third-order valence-electron chi connectivity index (χ3n) is 3.28. The van der Waals surface area contributed by atoms with Crippen molar-refractivity contribution in [1.29, 1.82) is 0 Å². The van der Waals surface area contributed by atoms with Crippen LogP contribution in [0, 0.1) is 0 Å². The van der Waals surface area contributed by atoms with E-state index >= 15 is 0 Å². The number of unbranched alkanes of at least 4 members (excludes halogenated alkanes) is 1. The molecule has 0 N–H and O–H groups in total. The molecule has 0 spiro atoms. The molecule has 0 heterocycles. The molecule has 21 heavy (non-hydrogen) atoms. The molecule has 0 radical (unpaired) electrons. The smallest absolute Gasteiger partial charge is 0.377 e. The number of methoxy groups -OCH3 is 1. The van der Waals surface area contributed by atoms with Gasteiger partial charge in [0.1, 0.15) is 0 Å². The van der Waals surface area contributed by atoms with Crippen molar-refractivity contribution in [2.75, 3.05) is 7.11 Å². The van der Waals surface area contributed by atoms with E-state index in [-0.39, 0.29) is 0 Å². The van der Waals surface area contributed by atoms with Gasteiger partial charge in [-0.25, -0.2) is 0 Å². The van der Waals surface area contributed by atoms with Crippen LogP contribution < -0.4 is 0 Å². The lowest BCUT2D eigenvalue weighted by atomic mass is 9.98. The first-order valence-corrected chi connectivity index (χ1v) is 6.77. The molecule has 1 atom stereocenters. The number of aryl methyl sites for hydroxylation is 1. The largest absolute Gasteiger partial charge is 0.453 e. The molecule has 0 saturated carbocycles.